The van der Waals surface area contributed by atoms with Gasteiger partial charge in [0.05, 0.1) is 17.3 Å². The van der Waals surface area contributed by atoms with E-state index >= 15 is 0 Å². The number of H-pyrrole nitrogens is 1. The Morgan fingerprint density at radius 3 is 2.67 bits per heavy atom. The van der Waals surface area contributed by atoms with Crippen LogP contribution in [0, 0.1) is 24.7 Å². The fraction of sp³-hybridized carbons (Fsp3) is 0.476. The number of nitrogens with one attached hydrogen (secondary N) is 2. The topological polar surface area (TPSA) is 116 Å². The molecule has 5 rings (SSSR count). The molecule has 3 N–H and O–H groups in total. The lowest BCUT2D eigenvalue weighted by Crippen LogP contribution is -2.48. The average molecular weight is 412 g/mol. The number of carboxylic acids is 1. The lowest BCUT2D eigenvalue weighted by molar-refractivity contribution is -0.148. The SMILES string of the molecule is C=C(F)C(=NC1C2CCC(CC2)C1C(=O)O)NC(=NC)c1[nH]nc2ncc(C)cc12. The molecular formula is C21H25FN6O2. The largest absolute Gasteiger partial charge is 0.481 e. The molecule has 0 aromatic carbocycles. The number of amidine groups is 2. The Balaban J connectivity index is 1.68. The minimum absolute atomic E-state index is 0.0836. The van der Waals surface area contributed by atoms with Crippen molar-refractivity contribution >= 4 is 28.7 Å². The van der Waals surface area contributed by atoms with Crippen LogP contribution in [-0.4, -0.2) is 51.0 Å². The molecule has 3 aliphatic carbocycles. The number of aryl methyl sites for hydroxylation is 1. The van der Waals surface area contributed by atoms with E-state index in [0.29, 0.717) is 17.2 Å². The maximum absolute atomic E-state index is 14.4. The van der Waals surface area contributed by atoms with Crippen molar-refractivity contribution in [2.45, 2.75) is 38.6 Å². The molecule has 3 saturated carbocycles. The number of hydrogen-bond donors (Lipinski definition) is 3. The van der Waals surface area contributed by atoms with Gasteiger partial charge >= 0.3 is 5.97 Å². The number of carbonyl (C=O) groups is 1. The van der Waals surface area contributed by atoms with Crippen molar-refractivity contribution in [2.24, 2.45) is 27.7 Å². The molecule has 2 atom stereocenters. The summed E-state index contributed by atoms with van der Waals surface area (Å²) in [5.74, 6) is -1.78. The maximum Gasteiger partial charge on any atom is 0.308 e. The number of aliphatic carboxylic acids is 1. The molecule has 3 aliphatic rings. The summed E-state index contributed by atoms with van der Waals surface area (Å²) >= 11 is 0. The Morgan fingerprint density at radius 1 is 1.33 bits per heavy atom. The van der Waals surface area contributed by atoms with Crippen LogP contribution in [0.15, 0.2) is 34.7 Å². The number of halogens is 1. The van der Waals surface area contributed by atoms with Gasteiger partial charge in [-0.3, -0.25) is 19.9 Å². The molecule has 2 aromatic rings. The number of aromatic nitrogens is 3. The van der Waals surface area contributed by atoms with E-state index in [1.807, 2.05) is 13.0 Å². The van der Waals surface area contributed by atoms with Crippen molar-refractivity contribution < 1.29 is 14.3 Å². The van der Waals surface area contributed by atoms with Crippen molar-refractivity contribution in [3.63, 3.8) is 0 Å². The second-order valence-electron chi connectivity index (χ2n) is 8.09. The summed E-state index contributed by atoms with van der Waals surface area (Å²) in [7, 11) is 1.57. The van der Waals surface area contributed by atoms with E-state index < -0.39 is 23.8 Å². The predicted molar refractivity (Wildman–Crippen MR) is 112 cm³/mol. The molecule has 0 aliphatic heterocycles. The van der Waals surface area contributed by atoms with Crippen molar-refractivity contribution in [1.82, 2.24) is 20.5 Å². The molecule has 2 bridgehead atoms. The first kappa shape index (κ1) is 20.2. The summed E-state index contributed by atoms with van der Waals surface area (Å²) in [4.78, 5) is 24.9. The number of carboxylic acid groups (broad SMARTS) is 1. The zero-order valence-electron chi connectivity index (χ0n) is 17.0. The number of aliphatic imine (C=N–C) groups is 2. The molecule has 158 valence electrons. The monoisotopic (exact) mass is 412 g/mol. The van der Waals surface area contributed by atoms with E-state index in [1.54, 1.807) is 13.2 Å². The van der Waals surface area contributed by atoms with Gasteiger partial charge in [0.1, 0.15) is 5.69 Å². The minimum Gasteiger partial charge on any atom is -0.481 e. The van der Waals surface area contributed by atoms with Crippen LogP contribution in [0.5, 0.6) is 0 Å². The third-order valence-electron chi connectivity index (χ3n) is 6.24. The molecule has 3 fully saturated rings. The Labute approximate surface area is 173 Å². The van der Waals surface area contributed by atoms with Crippen LogP contribution in [0.4, 0.5) is 4.39 Å². The van der Waals surface area contributed by atoms with Crippen molar-refractivity contribution in [3.05, 3.63) is 35.9 Å². The molecular weight excluding hydrogens is 387 g/mol. The molecule has 30 heavy (non-hydrogen) atoms. The van der Waals surface area contributed by atoms with Crippen molar-refractivity contribution in [3.8, 4) is 0 Å². The van der Waals surface area contributed by atoms with Crippen LogP contribution in [0.3, 0.4) is 0 Å². The Morgan fingerprint density at radius 2 is 2.03 bits per heavy atom. The maximum atomic E-state index is 14.4. The summed E-state index contributed by atoms with van der Waals surface area (Å²) in [5, 5.41) is 20.5. The lowest BCUT2D eigenvalue weighted by Gasteiger charge is -2.45. The van der Waals surface area contributed by atoms with Gasteiger partial charge < -0.3 is 10.4 Å². The first-order valence-electron chi connectivity index (χ1n) is 10.1. The van der Waals surface area contributed by atoms with Crippen LogP contribution < -0.4 is 5.32 Å². The highest BCUT2D eigenvalue weighted by Crippen LogP contribution is 2.46. The van der Waals surface area contributed by atoms with Crippen molar-refractivity contribution in [1.29, 1.82) is 0 Å². The van der Waals surface area contributed by atoms with Gasteiger partial charge in [-0.15, -0.1) is 0 Å². The zero-order chi connectivity index (χ0) is 21.4. The summed E-state index contributed by atoms with van der Waals surface area (Å²) in [6, 6.07) is 1.43. The van der Waals surface area contributed by atoms with Crippen LogP contribution in [0.2, 0.25) is 0 Å². The van der Waals surface area contributed by atoms with Gasteiger partial charge in [-0.1, -0.05) is 6.58 Å². The summed E-state index contributed by atoms with van der Waals surface area (Å²) in [6.45, 7) is 5.31. The van der Waals surface area contributed by atoms with Gasteiger partial charge in [-0.2, -0.15) is 5.10 Å². The third kappa shape index (κ3) is 3.59. The van der Waals surface area contributed by atoms with Crippen LogP contribution >= 0.6 is 0 Å². The molecule has 0 radical (unpaired) electrons. The lowest BCUT2D eigenvalue weighted by atomic mass is 9.62. The first-order chi connectivity index (χ1) is 14.4. The van der Waals surface area contributed by atoms with E-state index in [2.05, 4.69) is 37.1 Å². The number of rotatable bonds is 4. The molecule has 2 aromatic heterocycles. The highest BCUT2D eigenvalue weighted by atomic mass is 19.1. The molecule has 9 heteroatoms. The van der Waals surface area contributed by atoms with E-state index in [-0.39, 0.29) is 17.7 Å². The molecule has 2 heterocycles. The van der Waals surface area contributed by atoms with E-state index in [4.69, 9.17) is 0 Å². The number of aromatic amines is 1. The second-order valence-corrected chi connectivity index (χ2v) is 8.09. The third-order valence-corrected chi connectivity index (χ3v) is 6.24. The van der Waals surface area contributed by atoms with Gasteiger partial charge in [0.15, 0.2) is 23.1 Å². The van der Waals surface area contributed by atoms with Crippen molar-refractivity contribution in [2.75, 3.05) is 7.05 Å². The first-order valence-corrected chi connectivity index (χ1v) is 10.1. The zero-order valence-corrected chi connectivity index (χ0v) is 17.0. The Kier molecular flexibility index (Phi) is 5.36. The van der Waals surface area contributed by atoms with Gasteiger partial charge in [0, 0.05) is 13.2 Å². The van der Waals surface area contributed by atoms with Gasteiger partial charge in [-0.05, 0) is 56.1 Å². The quantitative estimate of drug-likeness (QED) is 0.527. The molecule has 2 unspecified atom stereocenters. The van der Waals surface area contributed by atoms with Gasteiger partial charge in [0.2, 0.25) is 0 Å². The van der Waals surface area contributed by atoms with Crippen LogP contribution in [-0.2, 0) is 4.79 Å². The van der Waals surface area contributed by atoms with E-state index in [1.165, 1.54) is 0 Å². The number of hydrogen-bond acceptors (Lipinski definition) is 5. The summed E-state index contributed by atoms with van der Waals surface area (Å²) < 4.78 is 14.4. The fourth-order valence-electron chi connectivity index (χ4n) is 4.80. The molecule has 8 nitrogen and oxygen atoms in total. The summed E-state index contributed by atoms with van der Waals surface area (Å²) in [6.07, 6.45) is 5.32. The standard InChI is InChI=1S/C21H25FN6O2/c1-10-8-14-17(27-28-19(14)24-9-10)20(23-3)26-18(11(2)22)25-16-13-6-4-12(5-7-13)15(16)21(29)30/h8-9,12-13,15-16H,2,4-7H2,1,3H3,(H,29,30)(H,23,25,26)(H,24,27,28). The number of fused-ring (bicyclic) bond motifs is 4. The normalized spacial score (nSPS) is 26.8. The van der Waals surface area contributed by atoms with Gasteiger partial charge in [-0.25, -0.2) is 9.37 Å². The second kappa shape index (κ2) is 7.97. The van der Waals surface area contributed by atoms with E-state index in [0.717, 1.165) is 36.6 Å². The number of pyridine rings is 1. The highest BCUT2D eigenvalue weighted by molar-refractivity contribution is 6.16. The Hall–Kier alpha value is -3.10. The minimum atomic E-state index is -0.868. The van der Waals surface area contributed by atoms with E-state index in [9.17, 15) is 14.3 Å². The van der Waals surface area contributed by atoms with Crippen LogP contribution in [0.25, 0.3) is 11.0 Å². The van der Waals surface area contributed by atoms with Crippen LogP contribution in [0.1, 0.15) is 36.9 Å². The smallest absolute Gasteiger partial charge is 0.308 e. The number of nitrogens with zero attached hydrogens (tertiary/aromatic N) is 4. The fourth-order valence-corrected chi connectivity index (χ4v) is 4.80. The molecule has 0 amide bonds. The average Bonchev–Trinajstić information content (AvgIpc) is 3.14. The highest BCUT2D eigenvalue weighted by Gasteiger charge is 2.47. The molecule has 0 spiro atoms. The molecule has 0 saturated heterocycles. The predicted octanol–water partition coefficient (Wildman–Crippen LogP) is 3.00. The summed E-state index contributed by atoms with van der Waals surface area (Å²) in [5.41, 5.74) is 2.02. The Bertz CT molecular complexity index is 1050. The van der Waals surface area contributed by atoms with Gasteiger partial charge in [0.25, 0.3) is 0 Å².